The SMILES string of the molecule is COCCN(CCO)Cc1cc(C(=O)O)co1. The maximum absolute atomic E-state index is 10.7. The topological polar surface area (TPSA) is 83.1 Å². The molecule has 6 heteroatoms. The second kappa shape index (κ2) is 7.05. The van der Waals surface area contributed by atoms with Crippen LogP contribution >= 0.6 is 0 Å². The summed E-state index contributed by atoms with van der Waals surface area (Å²) in [5.74, 6) is -0.447. The van der Waals surface area contributed by atoms with Gasteiger partial charge in [0.25, 0.3) is 0 Å². The highest BCUT2D eigenvalue weighted by atomic mass is 16.5. The minimum absolute atomic E-state index is 0.0379. The predicted octanol–water partition coefficient (Wildman–Crippen LogP) is 0.419. The van der Waals surface area contributed by atoms with E-state index in [1.165, 1.54) is 12.3 Å². The Kier molecular flexibility index (Phi) is 5.68. The number of methoxy groups -OCH3 is 1. The van der Waals surface area contributed by atoms with Crippen molar-refractivity contribution >= 4 is 5.97 Å². The molecule has 0 aliphatic carbocycles. The van der Waals surface area contributed by atoms with Crippen LogP contribution in [0.3, 0.4) is 0 Å². The lowest BCUT2D eigenvalue weighted by atomic mass is 10.3. The van der Waals surface area contributed by atoms with Crippen LogP contribution in [0.2, 0.25) is 0 Å². The Morgan fingerprint density at radius 1 is 1.53 bits per heavy atom. The second-order valence-electron chi connectivity index (χ2n) is 3.60. The number of hydrogen-bond donors (Lipinski definition) is 2. The lowest BCUT2D eigenvalue weighted by Gasteiger charge is -2.19. The number of rotatable bonds is 8. The molecule has 1 rings (SSSR count). The van der Waals surface area contributed by atoms with E-state index in [0.717, 1.165) is 0 Å². The van der Waals surface area contributed by atoms with E-state index in [1.54, 1.807) is 7.11 Å². The number of furan rings is 1. The lowest BCUT2D eigenvalue weighted by molar-refractivity contribution is 0.0696. The van der Waals surface area contributed by atoms with Gasteiger partial charge in [0.15, 0.2) is 0 Å². The van der Waals surface area contributed by atoms with Gasteiger partial charge in [0, 0.05) is 20.2 Å². The average molecular weight is 243 g/mol. The summed E-state index contributed by atoms with van der Waals surface area (Å²) >= 11 is 0. The minimum atomic E-state index is -1.01. The summed E-state index contributed by atoms with van der Waals surface area (Å²) in [6, 6.07) is 1.49. The van der Waals surface area contributed by atoms with Crippen LogP contribution in [0.5, 0.6) is 0 Å². The van der Waals surface area contributed by atoms with Crippen LogP contribution in [0.4, 0.5) is 0 Å². The van der Waals surface area contributed by atoms with Gasteiger partial charge in [-0.2, -0.15) is 0 Å². The molecule has 0 aliphatic rings. The predicted molar refractivity (Wildman–Crippen MR) is 59.9 cm³/mol. The van der Waals surface area contributed by atoms with Gasteiger partial charge in [0.2, 0.25) is 0 Å². The molecule has 0 spiro atoms. The average Bonchev–Trinajstić information content (AvgIpc) is 2.75. The number of aromatic carboxylic acids is 1. The van der Waals surface area contributed by atoms with Gasteiger partial charge < -0.3 is 19.4 Å². The van der Waals surface area contributed by atoms with Gasteiger partial charge in [0.1, 0.15) is 12.0 Å². The monoisotopic (exact) mass is 243 g/mol. The van der Waals surface area contributed by atoms with Gasteiger partial charge >= 0.3 is 5.97 Å². The molecule has 1 aromatic heterocycles. The van der Waals surface area contributed by atoms with Crippen molar-refractivity contribution in [2.24, 2.45) is 0 Å². The fourth-order valence-electron chi connectivity index (χ4n) is 1.43. The van der Waals surface area contributed by atoms with E-state index in [4.69, 9.17) is 19.4 Å². The first-order chi connectivity index (χ1) is 8.17. The van der Waals surface area contributed by atoms with Crippen molar-refractivity contribution in [2.75, 3.05) is 33.4 Å². The van der Waals surface area contributed by atoms with Crippen molar-refractivity contribution in [1.29, 1.82) is 0 Å². The maximum atomic E-state index is 10.7. The van der Waals surface area contributed by atoms with Crippen molar-refractivity contribution in [2.45, 2.75) is 6.54 Å². The molecular weight excluding hydrogens is 226 g/mol. The number of carbonyl (C=O) groups is 1. The number of ether oxygens (including phenoxy) is 1. The first-order valence-corrected chi connectivity index (χ1v) is 5.30. The van der Waals surface area contributed by atoms with Crippen LogP contribution in [0.1, 0.15) is 16.1 Å². The summed E-state index contributed by atoms with van der Waals surface area (Å²) in [7, 11) is 1.60. The van der Waals surface area contributed by atoms with Gasteiger partial charge in [-0.3, -0.25) is 4.90 Å². The van der Waals surface area contributed by atoms with Crippen LogP contribution in [-0.4, -0.2) is 54.5 Å². The van der Waals surface area contributed by atoms with E-state index in [0.29, 0.717) is 32.0 Å². The number of aliphatic hydroxyl groups is 1. The van der Waals surface area contributed by atoms with E-state index >= 15 is 0 Å². The second-order valence-corrected chi connectivity index (χ2v) is 3.60. The Bertz CT molecular complexity index is 349. The molecule has 0 fully saturated rings. The summed E-state index contributed by atoms with van der Waals surface area (Å²) < 4.78 is 10.1. The molecule has 1 heterocycles. The Morgan fingerprint density at radius 2 is 2.29 bits per heavy atom. The quantitative estimate of drug-likeness (QED) is 0.688. The van der Waals surface area contributed by atoms with Crippen LogP contribution in [0.25, 0.3) is 0 Å². The molecule has 17 heavy (non-hydrogen) atoms. The number of hydrogen-bond acceptors (Lipinski definition) is 5. The zero-order chi connectivity index (χ0) is 12.7. The summed E-state index contributed by atoms with van der Waals surface area (Å²) in [5, 5.41) is 17.6. The molecule has 0 saturated heterocycles. The van der Waals surface area contributed by atoms with Crippen LogP contribution in [-0.2, 0) is 11.3 Å². The summed E-state index contributed by atoms with van der Waals surface area (Å²) in [4.78, 5) is 12.6. The third-order valence-electron chi connectivity index (χ3n) is 2.31. The molecular formula is C11H17NO5. The Hall–Kier alpha value is -1.37. The van der Waals surface area contributed by atoms with Crippen molar-refractivity contribution in [3.63, 3.8) is 0 Å². The Balaban J connectivity index is 2.55. The molecule has 0 atom stereocenters. The fraction of sp³-hybridized carbons (Fsp3) is 0.545. The van der Waals surface area contributed by atoms with E-state index in [2.05, 4.69) is 0 Å². The standard InChI is InChI=1S/C11H17NO5/c1-16-5-3-12(2-4-13)7-10-6-9(8-17-10)11(14)15/h6,8,13H,2-5,7H2,1H3,(H,14,15). The highest BCUT2D eigenvalue weighted by Gasteiger charge is 2.11. The van der Waals surface area contributed by atoms with Crippen molar-refractivity contribution in [3.05, 3.63) is 23.7 Å². The van der Waals surface area contributed by atoms with Crippen LogP contribution < -0.4 is 0 Å². The number of aliphatic hydroxyl groups excluding tert-OH is 1. The minimum Gasteiger partial charge on any atom is -0.478 e. The zero-order valence-corrected chi connectivity index (χ0v) is 9.76. The van der Waals surface area contributed by atoms with Gasteiger partial charge in [-0.1, -0.05) is 0 Å². The molecule has 0 aliphatic heterocycles. The maximum Gasteiger partial charge on any atom is 0.338 e. The molecule has 6 nitrogen and oxygen atoms in total. The van der Waals surface area contributed by atoms with Crippen molar-refractivity contribution in [1.82, 2.24) is 4.90 Å². The van der Waals surface area contributed by atoms with Crippen LogP contribution in [0.15, 0.2) is 16.7 Å². The van der Waals surface area contributed by atoms with E-state index in [1.807, 2.05) is 4.90 Å². The molecule has 1 aromatic rings. The van der Waals surface area contributed by atoms with Gasteiger partial charge in [-0.15, -0.1) is 0 Å². The third kappa shape index (κ3) is 4.56. The Morgan fingerprint density at radius 3 is 2.82 bits per heavy atom. The summed E-state index contributed by atoms with van der Waals surface area (Å²) in [6.07, 6.45) is 1.21. The normalized spacial score (nSPS) is 11.0. The number of carboxylic acid groups (broad SMARTS) is 1. The molecule has 0 amide bonds. The summed E-state index contributed by atoms with van der Waals surface area (Å²) in [5.41, 5.74) is 0.135. The highest BCUT2D eigenvalue weighted by molar-refractivity contribution is 5.87. The molecule has 0 unspecified atom stereocenters. The van der Waals surface area contributed by atoms with E-state index in [-0.39, 0.29) is 12.2 Å². The number of carboxylic acids is 1. The Labute approximate surface area is 99.4 Å². The van der Waals surface area contributed by atoms with Crippen molar-refractivity contribution in [3.8, 4) is 0 Å². The van der Waals surface area contributed by atoms with Gasteiger partial charge in [-0.05, 0) is 6.07 Å². The third-order valence-corrected chi connectivity index (χ3v) is 2.31. The van der Waals surface area contributed by atoms with Gasteiger partial charge in [-0.25, -0.2) is 4.79 Å². The van der Waals surface area contributed by atoms with Gasteiger partial charge in [0.05, 0.1) is 25.3 Å². The van der Waals surface area contributed by atoms with Crippen molar-refractivity contribution < 1.29 is 24.2 Å². The lowest BCUT2D eigenvalue weighted by Crippen LogP contribution is -2.29. The molecule has 0 aromatic carbocycles. The zero-order valence-electron chi connectivity index (χ0n) is 9.76. The molecule has 0 bridgehead atoms. The van der Waals surface area contributed by atoms with Crippen LogP contribution in [0, 0.1) is 0 Å². The number of nitrogens with zero attached hydrogens (tertiary/aromatic N) is 1. The first kappa shape index (κ1) is 13.7. The molecule has 0 radical (unpaired) electrons. The fourth-order valence-corrected chi connectivity index (χ4v) is 1.43. The molecule has 96 valence electrons. The van der Waals surface area contributed by atoms with E-state index < -0.39 is 5.97 Å². The van der Waals surface area contributed by atoms with E-state index in [9.17, 15) is 4.79 Å². The summed E-state index contributed by atoms with van der Waals surface area (Å²) in [6.45, 7) is 2.19. The molecule has 0 saturated carbocycles. The molecule has 2 N–H and O–H groups in total. The highest BCUT2D eigenvalue weighted by Crippen LogP contribution is 2.10. The first-order valence-electron chi connectivity index (χ1n) is 5.30. The largest absolute Gasteiger partial charge is 0.478 e. The smallest absolute Gasteiger partial charge is 0.338 e.